The monoisotopic (exact) mass is 1380 g/mol. The van der Waals surface area contributed by atoms with E-state index < -0.39 is 97.5 Å². The number of phosphoric ester groups is 2. The van der Waals surface area contributed by atoms with Crippen LogP contribution >= 0.6 is 15.6 Å². The normalized spacial score (nSPS) is 14.3. The number of rotatable bonds is 71. The molecule has 0 saturated carbocycles. The Labute approximate surface area is 573 Å². The van der Waals surface area contributed by atoms with E-state index in [9.17, 15) is 43.2 Å². The summed E-state index contributed by atoms with van der Waals surface area (Å²) in [4.78, 5) is 72.7. The molecule has 0 aliphatic rings. The van der Waals surface area contributed by atoms with Gasteiger partial charge in [-0.1, -0.05) is 304 Å². The molecule has 0 radical (unpaired) electrons. The summed E-state index contributed by atoms with van der Waals surface area (Å²) in [5.74, 6) is 0.0715. The number of ether oxygens (including phenoxy) is 4. The molecule has 19 heteroatoms. The summed E-state index contributed by atoms with van der Waals surface area (Å²) in [5.41, 5.74) is 0. The van der Waals surface area contributed by atoms with Crippen molar-refractivity contribution in [2.45, 2.75) is 375 Å². The van der Waals surface area contributed by atoms with Gasteiger partial charge in [-0.05, 0) is 69.1 Å². The highest BCUT2D eigenvalue weighted by atomic mass is 31.2. The zero-order chi connectivity index (χ0) is 69.4. The first-order valence-corrected chi connectivity index (χ1v) is 41.2. The first kappa shape index (κ1) is 91.5. The molecule has 0 bridgehead atoms. The number of esters is 4. The molecule has 0 rings (SSSR count). The molecule has 554 valence electrons. The van der Waals surface area contributed by atoms with Crippen molar-refractivity contribution in [1.29, 1.82) is 0 Å². The summed E-state index contributed by atoms with van der Waals surface area (Å²) < 4.78 is 68.4. The third kappa shape index (κ3) is 68.1. The van der Waals surface area contributed by atoms with Crippen LogP contribution in [0.2, 0.25) is 0 Å². The van der Waals surface area contributed by atoms with Gasteiger partial charge in [-0.3, -0.25) is 37.3 Å². The van der Waals surface area contributed by atoms with E-state index in [4.69, 9.17) is 37.0 Å². The summed E-state index contributed by atoms with van der Waals surface area (Å²) in [6.07, 6.45) is 53.7. The molecular weight excluding hydrogens is 1230 g/mol. The number of allylic oxidation sites excluding steroid dienone is 4. The topological polar surface area (TPSA) is 237 Å². The van der Waals surface area contributed by atoms with E-state index >= 15 is 0 Å². The maximum Gasteiger partial charge on any atom is 0.472 e. The first-order chi connectivity index (χ1) is 45.2. The van der Waals surface area contributed by atoms with Gasteiger partial charge in [-0.2, -0.15) is 0 Å². The fraction of sp³-hybridized carbons (Fsp3) is 0.893. The van der Waals surface area contributed by atoms with Gasteiger partial charge in [-0.25, -0.2) is 9.13 Å². The third-order valence-corrected chi connectivity index (χ3v) is 18.7. The molecule has 0 aliphatic carbocycles. The highest BCUT2D eigenvalue weighted by molar-refractivity contribution is 7.47. The lowest BCUT2D eigenvalue weighted by Crippen LogP contribution is -2.30. The van der Waals surface area contributed by atoms with Gasteiger partial charge in [0.05, 0.1) is 26.4 Å². The number of unbranched alkanes of at least 4 members (excludes halogenated alkanes) is 36. The smallest absolute Gasteiger partial charge is 0.462 e. The number of carbonyl (C=O) groups is 4. The molecule has 0 aromatic carbocycles. The van der Waals surface area contributed by atoms with Crippen molar-refractivity contribution >= 4 is 39.5 Å². The van der Waals surface area contributed by atoms with E-state index in [-0.39, 0.29) is 25.7 Å². The van der Waals surface area contributed by atoms with Gasteiger partial charge in [0, 0.05) is 25.7 Å². The quantitative estimate of drug-likeness (QED) is 0.0169. The fourth-order valence-electron chi connectivity index (χ4n) is 10.9. The van der Waals surface area contributed by atoms with Gasteiger partial charge >= 0.3 is 39.5 Å². The number of hydrogen-bond acceptors (Lipinski definition) is 15. The van der Waals surface area contributed by atoms with Crippen LogP contribution in [0.3, 0.4) is 0 Å². The number of aliphatic hydroxyl groups is 1. The van der Waals surface area contributed by atoms with Crippen molar-refractivity contribution in [1.82, 2.24) is 0 Å². The Morgan fingerprint density at radius 2 is 0.574 bits per heavy atom. The van der Waals surface area contributed by atoms with E-state index in [0.717, 1.165) is 115 Å². The Balaban J connectivity index is 5.26. The Morgan fingerprint density at radius 1 is 0.330 bits per heavy atom. The average molecular weight is 1380 g/mol. The van der Waals surface area contributed by atoms with Gasteiger partial charge in [0.2, 0.25) is 0 Å². The molecule has 0 saturated heterocycles. The highest BCUT2D eigenvalue weighted by Crippen LogP contribution is 2.45. The van der Waals surface area contributed by atoms with E-state index in [0.29, 0.717) is 37.5 Å². The lowest BCUT2D eigenvalue weighted by molar-refractivity contribution is -0.161. The zero-order valence-corrected chi connectivity index (χ0v) is 62.7. The minimum Gasteiger partial charge on any atom is -0.462 e. The molecule has 0 spiro atoms. The second-order valence-electron chi connectivity index (χ2n) is 27.8. The van der Waals surface area contributed by atoms with Crippen molar-refractivity contribution < 1.29 is 80.2 Å². The molecule has 0 aromatic rings. The highest BCUT2D eigenvalue weighted by Gasteiger charge is 2.30. The molecule has 0 fully saturated rings. The predicted molar refractivity (Wildman–Crippen MR) is 381 cm³/mol. The molecule has 0 heterocycles. The summed E-state index contributed by atoms with van der Waals surface area (Å²) in [5, 5.41) is 10.6. The zero-order valence-electron chi connectivity index (χ0n) is 60.9. The predicted octanol–water partition coefficient (Wildman–Crippen LogP) is 21.3. The lowest BCUT2D eigenvalue weighted by Gasteiger charge is -2.21. The minimum absolute atomic E-state index is 0.0848. The van der Waals surface area contributed by atoms with Gasteiger partial charge in [0.1, 0.15) is 19.3 Å². The van der Waals surface area contributed by atoms with E-state index in [1.807, 2.05) is 0 Å². The van der Waals surface area contributed by atoms with Crippen LogP contribution in [0.1, 0.15) is 357 Å². The summed E-state index contributed by atoms with van der Waals surface area (Å²) in [6.45, 7) is 11.7. The first-order valence-electron chi connectivity index (χ1n) is 38.2. The van der Waals surface area contributed by atoms with Gasteiger partial charge in [0.15, 0.2) is 12.2 Å². The standard InChI is InChI=1S/C75H142O17P2/c1-8-9-10-11-12-13-14-15-17-22-25-28-36-44-51-58-74(79)91-70(62-85-72(77)56-49-42-35-27-24-21-19-16-18-20-23-26-32-39-46-53-66(2)3)64-89-93(81,82)87-60-69(76)61-88-94(83,84)90-65-71(63-86-73(78)57-50-43-38-31-34-41-48-55-68(6)7)92-75(80)59-52-45-37-30-29-33-40-47-54-67(4)5/h13-15,17,66-71,76H,8-12,16,18-65H2,1-7H3,(H,81,82)(H,83,84)/b14-13-,17-15-/t69?,70-,71-/m1/s1. The van der Waals surface area contributed by atoms with Crippen LogP contribution in [0.15, 0.2) is 24.3 Å². The summed E-state index contributed by atoms with van der Waals surface area (Å²) in [7, 11) is -9.92. The molecular formula is C75H142O17P2. The molecule has 94 heavy (non-hydrogen) atoms. The Bertz CT molecular complexity index is 1930. The fourth-order valence-corrected chi connectivity index (χ4v) is 12.5. The Hall–Kier alpha value is -2.46. The molecule has 17 nitrogen and oxygen atoms in total. The molecule has 0 aliphatic heterocycles. The maximum atomic E-state index is 13.1. The van der Waals surface area contributed by atoms with Gasteiger partial charge < -0.3 is 33.8 Å². The van der Waals surface area contributed by atoms with Crippen molar-refractivity contribution in [2.75, 3.05) is 39.6 Å². The number of aliphatic hydroxyl groups excluding tert-OH is 1. The van der Waals surface area contributed by atoms with Crippen LogP contribution < -0.4 is 0 Å². The third-order valence-electron chi connectivity index (χ3n) is 16.8. The molecule has 3 unspecified atom stereocenters. The van der Waals surface area contributed by atoms with Crippen LogP contribution in [0.25, 0.3) is 0 Å². The maximum absolute atomic E-state index is 13.1. The molecule has 0 aromatic heterocycles. The number of phosphoric acid groups is 2. The number of carbonyl (C=O) groups excluding carboxylic acids is 4. The number of hydrogen-bond donors (Lipinski definition) is 3. The molecule has 0 amide bonds. The largest absolute Gasteiger partial charge is 0.472 e. The van der Waals surface area contributed by atoms with Crippen molar-refractivity contribution in [2.24, 2.45) is 17.8 Å². The SMILES string of the molecule is CCCCCC/C=C\C=C/CCCCCCCC(=O)O[C@H](COC(=O)CCCCCCCCCCCCCCCCCC(C)C)COP(=O)(O)OCC(O)COP(=O)(O)OC[C@@H](COC(=O)CCCCCCCCCC(C)C)OC(=O)CCCCCCCCCCC(C)C. The second kappa shape index (κ2) is 65.2. The van der Waals surface area contributed by atoms with E-state index in [2.05, 4.69) is 72.8 Å². The Kier molecular flexibility index (Phi) is 63.5. The second-order valence-corrected chi connectivity index (χ2v) is 30.7. The Morgan fingerprint density at radius 3 is 0.862 bits per heavy atom. The van der Waals surface area contributed by atoms with Crippen LogP contribution in [0.4, 0.5) is 0 Å². The van der Waals surface area contributed by atoms with Crippen molar-refractivity contribution in [3.8, 4) is 0 Å². The van der Waals surface area contributed by atoms with Crippen LogP contribution in [-0.4, -0.2) is 96.7 Å². The van der Waals surface area contributed by atoms with E-state index in [1.165, 1.54) is 148 Å². The molecule has 3 N–H and O–H groups in total. The van der Waals surface area contributed by atoms with Crippen molar-refractivity contribution in [3.05, 3.63) is 24.3 Å². The summed E-state index contributed by atoms with van der Waals surface area (Å²) >= 11 is 0. The van der Waals surface area contributed by atoms with Crippen LogP contribution in [0, 0.1) is 17.8 Å². The molecule has 5 atom stereocenters. The lowest BCUT2D eigenvalue weighted by atomic mass is 10.0. The average Bonchev–Trinajstić information content (AvgIpc) is 1.28. The van der Waals surface area contributed by atoms with Gasteiger partial charge in [0.25, 0.3) is 0 Å². The minimum atomic E-state index is -4.97. The van der Waals surface area contributed by atoms with Gasteiger partial charge in [-0.15, -0.1) is 0 Å². The summed E-state index contributed by atoms with van der Waals surface area (Å²) in [6, 6.07) is 0. The van der Waals surface area contributed by atoms with Crippen LogP contribution in [-0.2, 0) is 65.4 Å². The van der Waals surface area contributed by atoms with Crippen molar-refractivity contribution in [3.63, 3.8) is 0 Å². The van der Waals surface area contributed by atoms with Crippen LogP contribution in [0.5, 0.6) is 0 Å². The van der Waals surface area contributed by atoms with E-state index in [1.54, 1.807) is 0 Å².